The summed E-state index contributed by atoms with van der Waals surface area (Å²) < 4.78 is 0. The number of likely N-dealkylation sites (tertiary alicyclic amines) is 1. The fourth-order valence-corrected chi connectivity index (χ4v) is 4.08. The number of thiocarbonyl (C=S) groups is 1. The lowest BCUT2D eigenvalue weighted by Crippen LogP contribution is -2.57. The first kappa shape index (κ1) is 23.6. The Hall–Kier alpha value is -1.68. The van der Waals surface area contributed by atoms with E-state index in [-0.39, 0.29) is 12.2 Å². The van der Waals surface area contributed by atoms with E-state index in [2.05, 4.69) is 41.4 Å². The van der Waals surface area contributed by atoms with Crippen LogP contribution in [0.2, 0.25) is 6.32 Å². The van der Waals surface area contributed by atoms with E-state index in [1.54, 1.807) is 0 Å². The largest absolute Gasteiger partial charge is 0.480 e. The number of aliphatic carboxylic acids is 1. The van der Waals surface area contributed by atoms with E-state index in [9.17, 15) is 9.90 Å². The van der Waals surface area contributed by atoms with Crippen molar-refractivity contribution >= 4 is 30.4 Å². The number of nitrogens with one attached hydrogen (secondary N) is 1. The van der Waals surface area contributed by atoms with Crippen LogP contribution in [0.4, 0.5) is 0 Å². The van der Waals surface area contributed by atoms with Crippen LogP contribution in [0.3, 0.4) is 0 Å². The number of carboxylic acid groups (broad SMARTS) is 1. The number of benzene rings is 1. The molecule has 0 radical (unpaired) electrons. The lowest BCUT2D eigenvalue weighted by molar-refractivity contribution is -0.146. The molecule has 2 rings (SSSR count). The van der Waals surface area contributed by atoms with Gasteiger partial charge in [-0.2, -0.15) is 0 Å². The third kappa shape index (κ3) is 6.95. The smallest absolute Gasteiger partial charge is 0.451 e. The molecule has 1 saturated heterocycles. The zero-order chi connectivity index (χ0) is 21.4. The molecule has 6 N–H and O–H groups in total. The molecule has 0 aliphatic carbocycles. The second-order valence-corrected chi connectivity index (χ2v) is 8.36. The minimum Gasteiger partial charge on any atom is -0.480 e. The molecule has 29 heavy (non-hydrogen) atoms. The van der Waals surface area contributed by atoms with Crippen LogP contribution in [0.1, 0.15) is 43.2 Å². The second kappa shape index (κ2) is 10.9. The first-order chi connectivity index (χ1) is 13.7. The molecule has 1 aromatic rings. The Morgan fingerprint density at radius 1 is 1.28 bits per heavy atom. The van der Waals surface area contributed by atoms with E-state index in [1.807, 2.05) is 0 Å². The summed E-state index contributed by atoms with van der Waals surface area (Å²) in [6, 6.07) is 8.28. The van der Waals surface area contributed by atoms with Crippen LogP contribution in [-0.4, -0.2) is 56.9 Å². The van der Waals surface area contributed by atoms with Gasteiger partial charge < -0.3 is 31.1 Å². The van der Waals surface area contributed by atoms with E-state index in [0.29, 0.717) is 56.9 Å². The standard InChI is InChI=1S/C20H32BN3O4S/c1-15-4-6-16(7-5-15)14-23-19(29)24-12-8-17(9-13-24)20(22,18(25)26)10-2-3-11-21(27)28/h4-7,17,27-28H,2-3,8-14,22H2,1H3,(H,23,29)(H,25,26). The molecule has 0 aromatic heterocycles. The number of hydrogen-bond donors (Lipinski definition) is 5. The summed E-state index contributed by atoms with van der Waals surface area (Å²) in [4.78, 5) is 13.9. The average molecular weight is 421 g/mol. The number of carbonyl (C=O) groups is 1. The van der Waals surface area contributed by atoms with Crippen LogP contribution in [0.25, 0.3) is 0 Å². The number of nitrogens with two attached hydrogens (primary N) is 1. The fourth-order valence-electron chi connectivity index (χ4n) is 3.82. The normalized spacial score (nSPS) is 16.9. The number of unbranched alkanes of at least 4 members (excludes halogenated alkanes) is 1. The van der Waals surface area contributed by atoms with E-state index >= 15 is 0 Å². The first-order valence-electron chi connectivity index (χ1n) is 10.2. The molecule has 0 amide bonds. The Morgan fingerprint density at radius 3 is 2.45 bits per heavy atom. The minimum atomic E-state index is -1.36. The molecule has 9 heteroatoms. The topological polar surface area (TPSA) is 119 Å². The Labute approximate surface area is 178 Å². The lowest BCUT2D eigenvalue weighted by Gasteiger charge is -2.41. The summed E-state index contributed by atoms with van der Waals surface area (Å²) in [5.41, 5.74) is 7.40. The van der Waals surface area contributed by atoms with E-state index in [1.165, 1.54) is 5.56 Å². The van der Waals surface area contributed by atoms with Crippen molar-refractivity contribution in [2.24, 2.45) is 11.7 Å². The van der Waals surface area contributed by atoms with Crippen molar-refractivity contribution < 1.29 is 19.9 Å². The van der Waals surface area contributed by atoms with Gasteiger partial charge in [0.2, 0.25) is 0 Å². The predicted molar refractivity (Wildman–Crippen MR) is 118 cm³/mol. The van der Waals surface area contributed by atoms with E-state index in [4.69, 9.17) is 28.0 Å². The van der Waals surface area contributed by atoms with Crippen molar-refractivity contribution in [3.05, 3.63) is 35.4 Å². The molecular formula is C20H32BN3O4S. The first-order valence-corrected chi connectivity index (χ1v) is 10.6. The van der Waals surface area contributed by atoms with Crippen molar-refractivity contribution in [1.82, 2.24) is 10.2 Å². The molecule has 160 valence electrons. The highest BCUT2D eigenvalue weighted by Crippen LogP contribution is 2.31. The average Bonchev–Trinajstić information content (AvgIpc) is 2.70. The lowest BCUT2D eigenvalue weighted by atomic mass is 9.74. The van der Waals surface area contributed by atoms with Crippen LogP contribution < -0.4 is 11.1 Å². The summed E-state index contributed by atoms with van der Waals surface area (Å²) >= 11 is 5.51. The van der Waals surface area contributed by atoms with Crippen LogP contribution in [0.5, 0.6) is 0 Å². The summed E-state index contributed by atoms with van der Waals surface area (Å²) in [5, 5.41) is 31.5. The highest BCUT2D eigenvalue weighted by Gasteiger charge is 2.43. The van der Waals surface area contributed by atoms with Crippen LogP contribution >= 0.6 is 12.2 Å². The Kier molecular flexibility index (Phi) is 8.89. The van der Waals surface area contributed by atoms with Crippen molar-refractivity contribution in [2.45, 2.75) is 57.4 Å². The molecule has 7 nitrogen and oxygen atoms in total. The molecule has 0 bridgehead atoms. The molecule has 1 fully saturated rings. The molecule has 1 heterocycles. The Bertz CT molecular complexity index is 681. The van der Waals surface area contributed by atoms with E-state index in [0.717, 1.165) is 5.56 Å². The van der Waals surface area contributed by atoms with E-state index < -0.39 is 18.6 Å². The van der Waals surface area contributed by atoms with Crippen LogP contribution in [0.15, 0.2) is 24.3 Å². The Balaban J connectivity index is 1.82. The summed E-state index contributed by atoms with van der Waals surface area (Å²) in [5.74, 6) is -1.12. The molecule has 1 aliphatic heterocycles. The van der Waals surface area contributed by atoms with Gasteiger partial charge in [-0.25, -0.2) is 0 Å². The third-order valence-corrected chi connectivity index (χ3v) is 6.18. The van der Waals surface area contributed by atoms with Crippen molar-refractivity contribution in [3.8, 4) is 0 Å². The monoisotopic (exact) mass is 421 g/mol. The van der Waals surface area contributed by atoms with Crippen molar-refractivity contribution in [3.63, 3.8) is 0 Å². The number of carboxylic acids is 1. The van der Waals surface area contributed by atoms with Gasteiger partial charge in [0.25, 0.3) is 0 Å². The van der Waals surface area contributed by atoms with Crippen molar-refractivity contribution in [2.75, 3.05) is 13.1 Å². The highest BCUT2D eigenvalue weighted by atomic mass is 32.1. The third-order valence-electron chi connectivity index (χ3n) is 5.78. The number of hydrogen-bond acceptors (Lipinski definition) is 5. The molecular weight excluding hydrogens is 389 g/mol. The molecule has 0 spiro atoms. The van der Waals surface area contributed by atoms with Gasteiger partial charge in [0, 0.05) is 19.6 Å². The number of piperidine rings is 1. The molecule has 0 saturated carbocycles. The zero-order valence-corrected chi connectivity index (χ0v) is 17.8. The van der Waals surface area contributed by atoms with Crippen LogP contribution in [-0.2, 0) is 11.3 Å². The van der Waals surface area contributed by atoms with Gasteiger partial charge in [-0.1, -0.05) is 42.7 Å². The Morgan fingerprint density at radius 2 is 1.90 bits per heavy atom. The number of aryl methyl sites for hydroxylation is 1. The zero-order valence-electron chi connectivity index (χ0n) is 17.0. The number of nitrogens with zero attached hydrogens (tertiary/aromatic N) is 1. The maximum atomic E-state index is 11.9. The number of rotatable bonds is 9. The summed E-state index contributed by atoms with van der Waals surface area (Å²) in [6.07, 6.45) is 2.98. The summed E-state index contributed by atoms with van der Waals surface area (Å²) in [7, 11) is -1.36. The molecule has 1 aromatic carbocycles. The highest BCUT2D eigenvalue weighted by molar-refractivity contribution is 7.80. The van der Waals surface area contributed by atoms with Gasteiger partial charge in [0.05, 0.1) is 0 Å². The maximum absolute atomic E-state index is 11.9. The molecule has 1 aliphatic rings. The maximum Gasteiger partial charge on any atom is 0.451 e. The van der Waals surface area contributed by atoms with Gasteiger partial charge >= 0.3 is 13.1 Å². The van der Waals surface area contributed by atoms with Crippen molar-refractivity contribution in [1.29, 1.82) is 0 Å². The SMILES string of the molecule is Cc1ccc(CNC(=S)N2CCC(C(N)(CCCCB(O)O)C(=O)O)CC2)cc1. The minimum absolute atomic E-state index is 0.129. The molecule has 1 atom stereocenters. The van der Waals surface area contributed by atoms with Crippen LogP contribution in [0, 0.1) is 12.8 Å². The predicted octanol–water partition coefficient (Wildman–Crippen LogP) is 1.51. The van der Waals surface area contributed by atoms with Gasteiger partial charge in [-0.15, -0.1) is 0 Å². The van der Waals surface area contributed by atoms with Gasteiger partial charge in [0.1, 0.15) is 5.54 Å². The molecule has 1 unspecified atom stereocenters. The fraction of sp³-hybridized carbons (Fsp3) is 0.600. The second-order valence-electron chi connectivity index (χ2n) is 7.98. The summed E-state index contributed by atoms with van der Waals surface area (Å²) in [6.45, 7) is 4.06. The van der Waals surface area contributed by atoms with Gasteiger partial charge in [-0.05, 0) is 56.2 Å². The van der Waals surface area contributed by atoms with Gasteiger partial charge in [0.15, 0.2) is 5.11 Å². The quantitative estimate of drug-likeness (QED) is 0.231. The van der Waals surface area contributed by atoms with Gasteiger partial charge in [-0.3, -0.25) is 4.79 Å².